The predicted octanol–water partition coefficient (Wildman–Crippen LogP) is 2.68. The second-order valence-electron chi connectivity index (χ2n) is 3.70. The summed E-state index contributed by atoms with van der Waals surface area (Å²) in [6, 6.07) is 3.77. The Bertz CT molecular complexity index is 445. The molecule has 0 unspecified atom stereocenters. The summed E-state index contributed by atoms with van der Waals surface area (Å²) in [5.74, 6) is 1.59. The second kappa shape index (κ2) is 3.46. The van der Waals surface area contributed by atoms with Crippen LogP contribution in [0.4, 0.5) is 5.88 Å². The highest BCUT2D eigenvalue weighted by Crippen LogP contribution is 2.31. The van der Waals surface area contributed by atoms with E-state index in [4.69, 9.17) is 8.94 Å². The minimum Gasteiger partial charge on any atom is -0.463 e. The van der Waals surface area contributed by atoms with Gasteiger partial charge in [0.15, 0.2) is 11.5 Å². The molecule has 1 aliphatic heterocycles. The smallest absolute Gasteiger partial charge is 0.228 e. The second-order valence-corrected chi connectivity index (χ2v) is 3.70. The zero-order chi connectivity index (χ0) is 10.1. The lowest BCUT2D eigenvalue weighted by molar-refractivity contribution is 0.431. The van der Waals surface area contributed by atoms with Crippen molar-refractivity contribution in [2.45, 2.75) is 19.3 Å². The Hall–Kier alpha value is -1.71. The molecule has 4 heteroatoms. The van der Waals surface area contributed by atoms with Crippen LogP contribution in [-0.4, -0.2) is 11.7 Å². The number of nitrogens with one attached hydrogen (secondary N) is 1. The topological polar surface area (TPSA) is 51.2 Å². The normalized spacial score (nSPS) is 15.5. The molecule has 4 nitrogen and oxygen atoms in total. The van der Waals surface area contributed by atoms with Crippen molar-refractivity contribution >= 4 is 5.88 Å². The molecule has 78 valence electrons. The highest BCUT2D eigenvalue weighted by atomic mass is 16.5. The highest BCUT2D eigenvalue weighted by Gasteiger charge is 2.20. The van der Waals surface area contributed by atoms with Crippen molar-refractivity contribution < 1.29 is 8.94 Å². The largest absolute Gasteiger partial charge is 0.463 e. The quantitative estimate of drug-likeness (QED) is 0.775. The summed E-state index contributed by atoms with van der Waals surface area (Å²) in [6.45, 7) is 0.958. The van der Waals surface area contributed by atoms with Gasteiger partial charge in [-0.3, -0.25) is 0 Å². The number of nitrogens with zero attached hydrogens (tertiary/aromatic N) is 1. The van der Waals surface area contributed by atoms with Gasteiger partial charge in [0.1, 0.15) is 0 Å². The number of anilines is 1. The Morgan fingerprint density at radius 2 is 2.33 bits per heavy atom. The van der Waals surface area contributed by atoms with Gasteiger partial charge in [-0.2, -0.15) is 0 Å². The standard InChI is InChI=1S/C11H12N2O2/c1-2-6-12-11-8(4-1)10(13-15-11)9-5-3-7-14-9/h3,5,7,12H,1-2,4,6H2. The summed E-state index contributed by atoms with van der Waals surface area (Å²) in [6.07, 6.45) is 4.99. The van der Waals surface area contributed by atoms with Gasteiger partial charge in [0, 0.05) is 12.1 Å². The molecule has 0 spiro atoms. The van der Waals surface area contributed by atoms with Crippen LogP contribution in [0.25, 0.3) is 11.5 Å². The van der Waals surface area contributed by atoms with Crippen molar-refractivity contribution in [1.29, 1.82) is 0 Å². The van der Waals surface area contributed by atoms with E-state index in [2.05, 4.69) is 10.5 Å². The lowest BCUT2D eigenvalue weighted by Crippen LogP contribution is -1.97. The fraction of sp³-hybridized carbons (Fsp3) is 0.364. The van der Waals surface area contributed by atoms with Crippen LogP contribution in [0.15, 0.2) is 27.3 Å². The summed E-state index contributed by atoms with van der Waals surface area (Å²) in [7, 11) is 0. The van der Waals surface area contributed by atoms with Gasteiger partial charge in [0.05, 0.1) is 6.26 Å². The van der Waals surface area contributed by atoms with Crippen LogP contribution >= 0.6 is 0 Å². The molecule has 0 aromatic carbocycles. The van der Waals surface area contributed by atoms with E-state index in [1.165, 1.54) is 6.42 Å². The van der Waals surface area contributed by atoms with Crippen molar-refractivity contribution in [1.82, 2.24) is 5.16 Å². The summed E-state index contributed by atoms with van der Waals surface area (Å²) in [4.78, 5) is 0. The van der Waals surface area contributed by atoms with Crippen molar-refractivity contribution in [3.63, 3.8) is 0 Å². The molecule has 0 atom stereocenters. The third kappa shape index (κ3) is 1.42. The molecule has 0 fully saturated rings. The molecule has 3 rings (SSSR count). The first-order valence-corrected chi connectivity index (χ1v) is 5.21. The number of fused-ring (bicyclic) bond motifs is 1. The van der Waals surface area contributed by atoms with Gasteiger partial charge < -0.3 is 14.3 Å². The van der Waals surface area contributed by atoms with Crippen LogP contribution in [0.5, 0.6) is 0 Å². The predicted molar refractivity (Wildman–Crippen MR) is 55.6 cm³/mol. The van der Waals surface area contributed by atoms with Gasteiger partial charge in [-0.25, -0.2) is 0 Å². The van der Waals surface area contributed by atoms with E-state index in [0.29, 0.717) is 0 Å². The van der Waals surface area contributed by atoms with Crippen molar-refractivity contribution in [3.8, 4) is 11.5 Å². The molecule has 3 heterocycles. The molecule has 0 aliphatic carbocycles. The zero-order valence-electron chi connectivity index (χ0n) is 8.32. The Balaban J connectivity index is 2.06. The van der Waals surface area contributed by atoms with Gasteiger partial charge in [-0.05, 0) is 31.4 Å². The summed E-state index contributed by atoms with van der Waals surface area (Å²) < 4.78 is 10.6. The molecule has 0 radical (unpaired) electrons. The molecule has 1 aliphatic rings. The van der Waals surface area contributed by atoms with Crippen molar-refractivity contribution in [3.05, 3.63) is 24.0 Å². The molecule has 0 amide bonds. The zero-order valence-corrected chi connectivity index (χ0v) is 8.32. The van der Waals surface area contributed by atoms with E-state index >= 15 is 0 Å². The van der Waals surface area contributed by atoms with Crippen LogP contribution in [0.3, 0.4) is 0 Å². The fourth-order valence-electron chi connectivity index (χ4n) is 1.92. The van der Waals surface area contributed by atoms with E-state index in [-0.39, 0.29) is 0 Å². The number of rotatable bonds is 1. The van der Waals surface area contributed by atoms with Crippen molar-refractivity contribution in [2.24, 2.45) is 0 Å². The van der Waals surface area contributed by atoms with Gasteiger partial charge in [0.2, 0.25) is 5.88 Å². The number of hydrogen-bond donors (Lipinski definition) is 1. The number of furan rings is 1. The minimum atomic E-state index is 0.781. The first-order chi connectivity index (χ1) is 7.45. The molecule has 1 N–H and O–H groups in total. The lowest BCUT2D eigenvalue weighted by Gasteiger charge is -1.96. The lowest BCUT2D eigenvalue weighted by atomic mass is 10.1. The first-order valence-electron chi connectivity index (χ1n) is 5.21. The van der Waals surface area contributed by atoms with Crippen molar-refractivity contribution in [2.75, 3.05) is 11.9 Å². The molecule has 2 aromatic heterocycles. The maximum Gasteiger partial charge on any atom is 0.228 e. The van der Waals surface area contributed by atoms with Crippen LogP contribution in [0.1, 0.15) is 18.4 Å². The van der Waals surface area contributed by atoms with E-state index in [1.54, 1.807) is 6.26 Å². The molecular formula is C11H12N2O2. The Labute approximate surface area is 87.3 Å². The SMILES string of the molecule is c1coc(-c2noc3c2CCCCN3)c1. The third-order valence-corrected chi connectivity index (χ3v) is 2.68. The molecule has 0 bridgehead atoms. The minimum absolute atomic E-state index is 0.781. The van der Waals surface area contributed by atoms with E-state index in [9.17, 15) is 0 Å². The van der Waals surface area contributed by atoms with Gasteiger partial charge in [-0.1, -0.05) is 5.16 Å². The van der Waals surface area contributed by atoms with Crippen LogP contribution in [0.2, 0.25) is 0 Å². The molecule has 0 saturated heterocycles. The van der Waals surface area contributed by atoms with E-state index < -0.39 is 0 Å². The van der Waals surface area contributed by atoms with Crippen LogP contribution in [0, 0.1) is 0 Å². The third-order valence-electron chi connectivity index (χ3n) is 2.68. The molecule has 2 aromatic rings. The highest BCUT2D eigenvalue weighted by molar-refractivity contribution is 5.63. The summed E-state index contributed by atoms with van der Waals surface area (Å²) in [5, 5.41) is 7.29. The van der Waals surface area contributed by atoms with E-state index in [1.807, 2.05) is 12.1 Å². The van der Waals surface area contributed by atoms with Crippen LogP contribution in [-0.2, 0) is 6.42 Å². The van der Waals surface area contributed by atoms with Gasteiger partial charge >= 0.3 is 0 Å². The maximum atomic E-state index is 5.33. The fourth-order valence-corrected chi connectivity index (χ4v) is 1.92. The molecular weight excluding hydrogens is 192 g/mol. The Morgan fingerprint density at radius 1 is 1.33 bits per heavy atom. The maximum absolute atomic E-state index is 5.33. The molecule has 15 heavy (non-hydrogen) atoms. The first kappa shape index (κ1) is 8.59. The van der Waals surface area contributed by atoms with Gasteiger partial charge in [-0.15, -0.1) is 0 Å². The molecule has 0 saturated carbocycles. The van der Waals surface area contributed by atoms with Gasteiger partial charge in [0.25, 0.3) is 0 Å². The monoisotopic (exact) mass is 204 g/mol. The number of aromatic nitrogens is 1. The Morgan fingerprint density at radius 3 is 3.20 bits per heavy atom. The average Bonchev–Trinajstić information content (AvgIpc) is 2.83. The Kier molecular flexibility index (Phi) is 1.98. The summed E-state index contributed by atoms with van der Waals surface area (Å²) >= 11 is 0. The average molecular weight is 204 g/mol. The van der Waals surface area contributed by atoms with E-state index in [0.717, 1.165) is 42.3 Å². The number of hydrogen-bond acceptors (Lipinski definition) is 4. The summed E-state index contributed by atoms with van der Waals surface area (Å²) in [5.41, 5.74) is 1.98. The van der Waals surface area contributed by atoms with Crippen LogP contribution < -0.4 is 5.32 Å².